The Balaban J connectivity index is 1.35. The Morgan fingerprint density at radius 3 is 2.56 bits per heavy atom. The van der Waals surface area contributed by atoms with Crippen molar-refractivity contribution in [2.45, 2.75) is 5.92 Å². The molecule has 0 spiro atoms. The average molecular weight is 367 g/mol. The maximum absolute atomic E-state index is 12.6. The smallest absolute Gasteiger partial charge is 0.261 e. The van der Waals surface area contributed by atoms with Crippen LogP contribution in [0.5, 0.6) is 0 Å². The molecule has 3 amide bonds. The number of carbonyl (C=O) groups is 3. The van der Waals surface area contributed by atoms with Gasteiger partial charge < -0.3 is 10.6 Å². The molecule has 2 atom stereocenters. The lowest BCUT2D eigenvalue weighted by Gasteiger charge is -2.19. The number of aryl methyl sites for hydroxylation is 1. The summed E-state index contributed by atoms with van der Waals surface area (Å²) in [6, 6.07) is 6.77. The van der Waals surface area contributed by atoms with E-state index in [2.05, 4.69) is 15.7 Å². The molecule has 0 radical (unpaired) electrons. The minimum Gasteiger partial charge on any atom is -0.354 e. The molecule has 1 aromatic carbocycles. The Morgan fingerprint density at radius 1 is 1.22 bits per heavy atom. The van der Waals surface area contributed by atoms with E-state index in [-0.39, 0.29) is 42.6 Å². The van der Waals surface area contributed by atoms with Crippen LogP contribution in [-0.4, -0.2) is 58.6 Å². The van der Waals surface area contributed by atoms with Gasteiger partial charge in [-0.3, -0.25) is 24.0 Å². The van der Waals surface area contributed by atoms with E-state index in [9.17, 15) is 14.4 Å². The van der Waals surface area contributed by atoms with Crippen LogP contribution >= 0.6 is 0 Å². The van der Waals surface area contributed by atoms with Crippen molar-refractivity contribution in [2.75, 3.05) is 26.2 Å². The fraction of sp³-hybridized carbons (Fsp3) is 0.368. The van der Waals surface area contributed by atoms with Crippen LogP contribution in [0.15, 0.2) is 36.7 Å². The lowest BCUT2D eigenvalue weighted by molar-refractivity contribution is -0.124. The molecule has 2 aliphatic rings. The van der Waals surface area contributed by atoms with Crippen molar-refractivity contribution < 1.29 is 14.4 Å². The summed E-state index contributed by atoms with van der Waals surface area (Å²) in [4.78, 5) is 38.5. The predicted octanol–water partition coefficient (Wildman–Crippen LogP) is 0.136. The number of hydrogen-bond acceptors (Lipinski definition) is 5. The number of fused-ring (bicyclic) bond motifs is 1. The molecule has 27 heavy (non-hydrogen) atoms. The van der Waals surface area contributed by atoms with E-state index in [1.165, 1.54) is 4.90 Å². The molecule has 140 valence electrons. The van der Waals surface area contributed by atoms with Crippen LogP contribution in [0.25, 0.3) is 0 Å². The third-order valence-corrected chi connectivity index (χ3v) is 5.22. The molecule has 2 aliphatic heterocycles. The second-order valence-corrected chi connectivity index (χ2v) is 6.92. The van der Waals surface area contributed by atoms with Crippen molar-refractivity contribution in [2.24, 2.45) is 13.0 Å². The number of amides is 3. The summed E-state index contributed by atoms with van der Waals surface area (Å²) in [5.74, 6) is -0.818. The Morgan fingerprint density at radius 2 is 1.93 bits per heavy atom. The van der Waals surface area contributed by atoms with Crippen LogP contribution in [0.2, 0.25) is 0 Å². The van der Waals surface area contributed by atoms with Gasteiger partial charge in [-0.25, -0.2) is 0 Å². The molecule has 2 N–H and O–H groups in total. The summed E-state index contributed by atoms with van der Waals surface area (Å²) in [5.41, 5.74) is 1.87. The van der Waals surface area contributed by atoms with Gasteiger partial charge in [-0.15, -0.1) is 0 Å². The average Bonchev–Trinajstić information content (AvgIpc) is 3.37. The zero-order chi connectivity index (χ0) is 19.0. The van der Waals surface area contributed by atoms with Crippen molar-refractivity contribution in [1.29, 1.82) is 0 Å². The lowest BCUT2D eigenvalue weighted by Crippen LogP contribution is -2.41. The zero-order valence-corrected chi connectivity index (χ0v) is 15.0. The topological polar surface area (TPSA) is 96.3 Å². The summed E-state index contributed by atoms with van der Waals surface area (Å²) in [7, 11) is 1.85. The SMILES string of the molecule is Cn1cc([C@H]2CNC[C@@H]2C(=O)NCCN2C(=O)c3ccccc3C2=O)cn1. The maximum Gasteiger partial charge on any atom is 0.261 e. The van der Waals surface area contributed by atoms with E-state index in [0.717, 1.165) is 12.1 Å². The molecule has 0 saturated carbocycles. The van der Waals surface area contributed by atoms with Crippen LogP contribution in [-0.2, 0) is 11.8 Å². The van der Waals surface area contributed by atoms with Crippen LogP contribution < -0.4 is 10.6 Å². The van der Waals surface area contributed by atoms with Gasteiger partial charge in [-0.2, -0.15) is 5.10 Å². The van der Waals surface area contributed by atoms with Crippen molar-refractivity contribution >= 4 is 17.7 Å². The fourth-order valence-electron chi connectivity index (χ4n) is 3.80. The Kier molecular flexibility index (Phi) is 4.49. The minimum atomic E-state index is -0.305. The van der Waals surface area contributed by atoms with Gasteiger partial charge in [0, 0.05) is 45.3 Å². The largest absolute Gasteiger partial charge is 0.354 e. The third kappa shape index (κ3) is 3.12. The second-order valence-electron chi connectivity index (χ2n) is 6.92. The van der Waals surface area contributed by atoms with Gasteiger partial charge in [-0.05, 0) is 17.7 Å². The fourth-order valence-corrected chi connectivity index (χ4v) is 3.80. The first-order valence-corrected chi connectivity index (χ1v) is 8.98. The Labute approximate surface area is 156 Å². The third-order valence-electron chi connectivity index (χ3n) is 5.22. The second kappa shape index (κ2) is 6.96. The van der Waals surface area contributed by atoms with E-state index < -0.39 is 0 Å². The summed E-state index contributed by atoms with van der Waals surface area (Å²) in [6.07, 6.45) is 3.72. The molecular formula is C19H21N5O3. The number of aromatic nitrogens is 2. The van der Waals surface area contributed by atoms with Crippen LogP contribution in [0.1, 0.15) is 32.2 Å². The summed E-state index contributed by atoms with van der Waals surface area (Å²) in [6.45, 7) is 1.72. The molecule has 0 bridgehead atoms. The zero-order valence-electron chi connectivity index (χ0n) is 15.0. The Bertz CT molecular complexity index is 871. The normalized spacial score (nSPS) is 21.6. The quantitative estimate of drug-likeness (QED) is 0.733. The first kappa shape index (κ1) is 17.4. The highest BCUT2D eigenvalue weighted by Gasteiger charge is 2.36. The van der Waals surface area contributed by atoms with Gasteiger partial charge in [0.15, 0.2) is 0 Å². The predicted molar refractivity (Wildman–Crippen MR) is 97.1 cm³/mol. The van der Waals surface area contributed by atoms with Crippen molar-refractivity contribution in [3.63, 3.8) is 0 Å². The number of hydrogen-bond donors (Lipinski definition) is 2. The number of nitrogens with zero attached hydrogens (tertiary/aromatic N) is 3. The minimum absolute atomic E-state index is 0.0676. The molecule has 1 fully saturated rings. The number of carbonyl (C=O) groups excluding carboxylic acids is 3. The molecule has 1 aromatic heterocycles. The molecule has 1 saturated heterocycles. The van der Waals surface area contributed by atoms with E-state index in [0.29, 0.717) is 17.7 Å². The van der Waals surface area contributed by atoms with Crippen LogP contribution in [0.3, 0.4) is 0 Å². The number of benzene rings is 1. The molecule has 3 heterocycles. The van der Waals surface area contributed by atoms with Crippen molar-refractivity contribution in [3.05, 3.63) is 53.3 Å². The molecule has 8 heteroatoms. The van der Waals surface area contributed by atoms with E-state index in [1.54, 1.807) is 35.1 Å². The first-order chi connectivity index (χ1) is 13.1. The molecule has 4 rings (SSSR count). The van der Waals surface area contributed by atoms with Crippen molar-refractivity contribution in [3.8, 4) is 0 Å². The number of nitrogens with one attached hydrogen (secondary N) is 2. The summed E-state index contributed by atoms with van der Waals surface area (Å²) < 4.78 is 1.73. The standard InChI is InChI=1S/C19H21N5O3/c1-23-11-12(8-22-23)15-9-20-10-16(15)17(25)21-6-7-24-18(26)13-4-2-3-5-14(13)19(24)27/h2-5,8,11,15-16,20H,6-7,9-10H2,1H3,(H,21,25)/t15-,16+/m1/s1. The number of imide groups is 1. The molecule has 0 aliphatic carbocycles. The van der Waals surface area contributed by atoms with E-state index >= 15 is 0 Å². The van der Waals surface area contributed by atoms with E-state index in [4.69, 9.17) is 0 Å². The molecule has 8 nitrogen and oxygen atoms in total. The molecule has 2 aromatic rings. The van der Waals surface area contributed by atoms with Gasteiger partial charge in [0.2, 0.25) is 5.91 Å². The van der Waals surface area contributed by atoms with Crippen LogP contribution in [0.4, 0.5) is 0 Å². The monoisotopic (exact) mass is 367 g/mol. The highest BCUT2D eigenvalue weighted by Crippen LogP contribution is 2.28. The Hall–Kier alpha value is -3.00. The lowest BCUT2D eigenvalue weighted by atomic mass is 9.90. The van der Waals surface area contributed by atoms with Gasteiger partial charge in [0.05, 0.1) is 23.2 Å². The van der Waals surface area contributed by atoms with Crippen LogP contribution in [0, 0.1) is 5.92 Å². The number of rotatable bonds is 5. The highest BCUT2D eigenvalue weighted by molar-refractivity contribution is 6.21. The van der Waals surface area contributed by atoms with Crippen molar-refractivity contribution in [1.82, 2.24) is 25.3 Å². The van der Waals surface area contributed by atoms with Gasteiger partial charge in [0.25, 0.3) is 11.8 Å². The van der Waals surface area contributed by atoms with Gasteiger partial charge in [0.1, 0.15) is 0 Å². The van der Waals surface area contributed by atoms with E-state index in [1.807, 2.05) is 13.2 Å². The molecule has 0 unspecified atom stereocenters. The first-order valence-electron chi connectivity index (χ1n) is 8.98. The van der Waals surface area contributed by atoms with Gasteiger partial charge >= 0.3 is 0 Å². The van der Waals surface area contributed by atoms with Gasteiger partial charge in [-0.1, -0.05) is 12.1 Å². The summed E-state index contributed by atoms with van der Waals surface area (Å²) in [5, 5.41) is 10.3. The summed E-state index contributed by atoms with van der Waals surface area (Å²) >= 11 is 0. The maximum atomic E-state index is 12.6. The highest BCUT2D eigenvalue weighted by atomic mass is 16.2. The molecular weight excluding hydrogens is 346 g/mol.